The van der Waals surface area contributed by atoms with Gasteiger partial charge in [-0.15, -0.1) is 0 Å². The number of hydrogen-bond acceptors (Lipinski definition) is 3. The summed E-state index contributed by atoms with van der Waals surface area (Å²) in [5.74, 6) is 0.260. The van der Waals surface area contributed by atoms with Crippen LogP contribution < -0.4 is 5.73 Å². The zero-order valence-electron chi connectivity index (χ0n) is 12.7. The third-order valence-electron chi connectivity index (χ3n) is 4.13. The Morgan fingerprint density at radius 1 is 1.25 bits per heavy atom. The van der Waals surface area contributed by atoms with Crippen LogP contribution in [0.3, 0.4) is 0 Å². The van der Waals surface area contributed by atoms with E-state index in [2.05, 4.69) is 0 Å². The van der Waals surface area contributed by atoms with E-state index in [4.69, 9.17) is 5.73 Å². The molecule has 0 bridgehead atoms. The third-order valence-corrected chi connectivity index (χ3v) is 6.30. The van der Waals surface area contributed by atoms with Gasteiger partial charge in [0.1, 0.15) is 0 Å². The minimum absolute atomic E-state index is 0.0374. The lowest BCUT2D eigenvalue weighted by Crippen LogP contribution is -2.33. The molecule has 1 aliphatic heterocycles. The van der Waals surface area contributed by atoms with Gasteiger partial charge in [-0.25, -0.2) is 8.42 Å². The monoisotopic (exact) mass is 296 g/mol. The second-order valence-corrected chi connectivity index (χ2v) is 7.87. The van der Waals surface area contributed by atoms with Crippen molar-refractivity contribution in [2.75, 3.05) is 13.1 Å². The molecule has 1 fully saturated rings. The Labute approximate surface area is 122 Å². The van der Waals surface area contributed by atoms with E-state index in [1.165, 1.54) is 0 Å². The lowest BCUT2D eigenvalue weighted by molar-refractivity contribution is 0.428. The van der Waals surface area contributed by atoms with Crippen LogP contribution in [0.4, 0.5) is 0 Å². The van der Waals surface area contributed by atoms with Crippen LogP contribution >= 0.6 is 0 Å². The molecule has 1 aromatic rings. The first-order valence-electron chi connectivity index (χ1n) is 7.07. The maximum Gasteiger partial charge on any atom is 0.243 e. The van der Waals surface area contributed by atoms with Gasteiger partial charge in [0.15, 0.2) is 0 Å². The van der Waals surface area contributed by atoms with Crippen molar-refractivity contribution in [3.05, 3.63) is 28.8 Å². The van der Waals surface area contributed by atoms with E-state index in [9.17, 15) is 8.42 Å². The number of aryl methyl sites for hydroxylation is 3. The van der Waals surface area contributed by atoms with Gasteiger partial charge in [0.05, 0.1) is 4.90 Å². The molecule has 1 heterocycles. The second-order valence-electron chi connectivity index (χ2n) is 6.00. The van der Waals surface area contributed by atoms with Gasteiger partial charge in [-0.05, 0) is 51.2 Å². The molecule has 1 aliphatic rings. The predicted octanol–water partition coefficient (Wildman–Crippen LogP) is 1.97. The second kappa shape index (κ2) is 5.47. The van der Waals surface area contributed by atoms with Crippen molar-refractivity contribution in [1.29, 1.82) is 0 Å². The number of nitrogens with two attached hydrogens (primary N) is 1. The molecule has 5 heteroatoms. The van der Waals surface area contributed by atoms with Gasteiger partial charge in [0.25, 0.3) is 0 Å². The zero-order valence-corrected chi connectivity index (χ0v) is 13.5. The molecule has 0 saturated carbocycles. The lowest BCUT2D eigenvalue weighted by Gasteiger charge is -2.21. The Hall–Kier alpha value is -0.910. The maximum atomic E-state index is 12.8. The molecule has 2 N–H and O–H groups in total. The van der Waals surface area contributed by atoms with E-state index >= 15 is 0 Å². The first kappa shape index (κ1) is 15.5. The summed E-state index contributed by atoms with van der Waals surface area (Å²) in [6.07, 6.45) is 0.848. The average Bonchev–Trinajstić information content (AvgIpc) is 2.76. The highest BCUT2D eigenvalue weighted by Crippen LogP contribution is 2.29. The van der Waals surface area contributed by atoms with Crippen LogP contribution in [0.15, 0.2) is 17.0 Å². The fourth-order valence-corrected chi connectivity index (χ4v) is 5.03. The Morgan fingerprint density at radius 3 is 2.25 bits per heavy atom. The molecular formula is C15H24N2O2S. The van der Waals surface area contributed by atoms with E-state index in [0.717, 1.165) is 23.1 Å². The molecule has 1 saturated heterocycles. The highest BCUT2D eigenvalue weighted by atomic mass is 32.2. The Bertz CT molecular complexity index is 585. The summed E-state index contributed by atoms with van der Waals surface area (Å²) in [6, 6.07) is 3.90. The van der Waals surface area contributed by atoms with E-state index < -0.39 is 10.0 Å². The molecule has 2 rings (SSSR count). The molecule has 2 unspecified atom stereocenters. The number of rotatable bonds is 3. The normalized spacial score (nSPS) is 22.1. The third kappa shape index (κ3) is 2.75. The average molecular weight is 296 g/mol. The van der Waals surface area contributed by atoms with Gasteiger partial charge in [-0.3, -0.25) is 0 Å². The Kier molecular flexibility index (Phi) is 4.23. The molecule has 0 aromatic heterocycles. The van der Waals surface area contributed by atoms with Crippen molar-refractivity contribution in [1.82, 2.24) is 4.31 Å². The molecule has 0 radical (unpaired) electrons. The quantitative estimate of drug-likeness (QED) is 0.927. The van der Waals surface area contributed by atoms with Crippen LogP contribution in [0.25, 0.3) is 0 Å². The zero-order chi connectivity index (χ0) is 15.1. The van der Waals surface area contributed by atoms with Gasteiger partial charge < -0.3 is 5.73 Å². The summed E-state index contributed by atoms with van der Waals surface area (Å²) >= 11 is 0. The summed E-state index contributed by atoms with van der Waals surface area (Å²) in [5, 5.41) is 0. The van der Waals surface area contributed by atoms with Crippen LogP contribution in [0.2, 0.25) is 0 Å². The van der Waals surface area contributed by atoms with Crippen molar-refractivity contribution in [2.45, 2.75) is 45.1 Å². The summed E-state index contributed by atoms with van der Waals surface area (Å²) in [5.41, 5.74) is 8.64. The smallest absolute Gasteiger partial charge is 0.243 e. The highest BCUT2D eigenvalue weighted by molar-refractivity contribution is 7.89. The molecule has 112 valence electrons. The van der Waals surface area contributed by atoms with Crippen LogP contribution in [0.1, 0.15) is 30.0 Å². The molecular weight excluding hydrogens is 272 g/mol. The van der Waals surface area contributed by atoms with Gasteiger partial charge in [-0.2, -0.15) is 4.31 Å². The van der Waals surface area contributed by atoms with E-state index in [1.54, 1.807) is 4.31 Å². The van der Waals surface area contributed by atoms with Crippen molar-refractivity contribution < 1.29 is 8.42 Å². The minimum atomic E-state index is -3.41. The summed E-state index contributed by atoms with van der Waals surface area (Å²) < 4.78 is 27.3. The molecule has 1 aromatic carbocycles. The van der Waals surface area contributed by atoms with E-state index in [0.29, 0.717) is 18.0 Å². The number of hydrogen-bond donors (Lipinski definition) is 1. The summed E-state index contributed by atoms with van der Waals surface area (Å²) in [7, 11) is -3.41. The molecule has 4 nitrogen and oxygen atoms in total. The van der Waals surface area contributed by atoms with Gasteiger partial charge in [0.2, 0.25) is 10.0 Å². The highest BCUT2D eigenvalue weighted by Gasteiger charge is 2.35. The van der Waals surface area contributed by atoms with E-state index in [-0.39, 0.29) is 12.0 Å². The van der Waals surface area contributed by atoms with Gasteiger partial charge >= 0.3 is 0 Å². The van der Waals surface area contributed by atoms with Gasteiger partial charge in [-0.1, -0.05) is 17.7 Å². The van der Waals surface area contributed by atoms with Crippen molar-refractivity contribution in [3.63, 3.8) is 0 Å². The maximum absolute atomic E-state index is 12.8. The number of sulfonamides is 1. The fourth-order valence-electron chi connectivity index (χ4n) is 3.10. The first-order valence-corrected chi connectivity index (χ1v) is 8.51. The molecule has 2 atom stereocenters. The van der Waals surface area contributed by atoms with Crippen LogP contribution in [-0.4, -0.2) is 31.9 Å². The van der Waals surface area contributed by atoms with Crippen LogP contribution in [0.5, 0.6) is 0 Å². The number of benzene rings is 1. The van der Waals surface area contributed by atoms with E-state index in [1.807, 2.05) is 39.8 Å². The Morgan fingerprint density at radius 2 is 1.80 bits per heavy atom. The molecule has 0 spiro atoms. The minimum Gasteiger partial charge on any atom is -0.328 e. The Balaban J connectivity index is 2.38. The van der Waals surface area contributed by atoms with Gasteiger partial charge in [0, 0.05) is 19.1 Å². The standard InChI is InChI=1S/C15H24N2O2S/c1-10-7-11(2)15(12(3)8-10)20(18,19)17-6-5-14(9-17)13(4)16/h7-8,13-14H,5-6,9,16H2,1-4H3. The fraction of sp³-hybridized carbons (Fsp3) is 0.600. The van der Waals surface area contributed by atoms with Crippen LogP contribution in [0, 0.1) is 26.7 Å². The van der Waals surface area contributed by atoms with Crippen molar-refractivity contribution in [2.24, 2.45) is 11.7 Å². The topological polar surface area (TPSA) is 63.4 Å². The van der Waals surface area contributed by atoms with Crippen LogP contribution in [-0.2, 0) is 10.0 Å². The number of nitrogens with zero attached hydrogens (tertiary/aromatic N) is 1. The SMILES string of the molecule is Cc1cc(C)c(S(=O)(=O)N2CCC(C(C)N)C2)c(C)c1. The summed E-state index contributed by atoms with van der Waals surface area (Å²) in [4.78, 5) is 0.466. The molecule has 0 aliphatic carbocycles. The predicted molar refractivity (Wildman–Crippen MR) is 81.2 cm³/mol. The lowest BCUT2D eigenvalue weighted by atomic mass is 10.0. The van der Waals surface area contributed by atoms with Crippen molar-refractivity contribution >= 4 is 10.0 Å². The molecule has 20 heavy (non-hydrogen) atoms. The first-order chi connectivity index (χ1) is 9.23. The molecule has 0 amide bonds. The van der Waals surface area contributed by atoms with Crippen molar-refractivity contribution in [3.8, 4) is 0 Å². The summed E-state index contributed by atoms with van der Waals surface area (Å²) in [6.45, 7) is 8.77. The largest absolute Gasteiger partial charge is 0.328 e.